The molecule has 5 heteroatoms. The third-order valence-electron chi connectivity index (χ3n) is 5.27. The zero-order valence-corrected chi connectivity index (χ0v) is 17.2. The number of nitrogens with one attached hydrogen (secondary N) is 2. The van der Waals surface area contributed by atoms with Gasteiger partial charge in [-0.2, -0.15) is 4.98 Å². The van der Waals surface area contributed by atoms with Crippen LogP contribution in [0.15, 0.2) is 72.3 Å². The molecule has 1 aliphatic carbocycles. The number of rotatable bonds is 4. The van der Waals surface area contributed by atoms with Crippen molar-refractivity contribution in [3.8, 4) is 0 Å². The van der Waals surface area contributed by atoms with Gasteiger partial charge in [-0.1, -0.05) is 48.6 Å². The molecule has 2 aromatic carbocycles. The second-order valence-corrected chi connectivity index (χ2v) is 7.29. The van der Waals surface area contributed by atoms with E-state index in [9.17, 15) is 0 Å². The van der Waals surface area contributed by atoms with E-state index in [-0.39, 0.29) is 17.9 Å². The third kappa shape index (κ3) is 3.87. The van der Waals surface area contributed by atoms with Crippen LogP contribution in [-0.4, -0.2) is 15.5 Å². The lowest BCUT2D eigenvalue weighted by molar-refractivity contribution is 0.594. The van der Waals surface area contributed by atoms with Gasteiger partial charge in [-0.05, 0) is 56.5 Å². The normalized spacial score (nSPS) is 18.3. The van der Waals surface area contributed by atoms with Gasteiger partial charge in [0.2, 0.25) is 5.95 Å². The van der Waals surface area contributed by atoms with Crippen LogP contribution in [0, 0.1) is 6.92 Å². The first kappa shape index (κ1) is 19.9. The highest BCUT2D eigenvalue weighted by molar-refractivity contribution is 5.92. The Morgan fingerprint density at radius 1 is 0.964 bits per heavy atom. The Morgan fingerprint density at radius 2 is 1.71 bits per heavy atom. The van der Waals surface area contributed by atoms with Gasteiger partial charge < -0.3 is 10.6 Å². The van der Waals surface area contributed by atoms with Crippen LogP contribution in [0.4, 0.5) is 17.5 Å². The summed E-state index contributed by atoms with van der Waals surface area (Å²) in [5, 5.41) is 8.06. The summed E-state index contributed by atoms with van der Waals surface area (Å²) in [6.45, 7) is 6.42. The average molecular weight is 393 g/mol. The van der Waals surface area contributed by atoms with Crippen molar-refractivity contribution in [2.24, 2.45) is 0 Å². The SMILES string of the molecule is CC1=CC=CCC1(C)Nc1nc(Nc2ccccc2C)c2ccccc2n1.Cl. The van der Waals surface area contributed by atoms with Crippen LogP contribution in [-0.2, 0) is 0 Å². The Hall–Kier alpha value is -2.85. The predicted octanol–water partition coefficient (Wildman–Crippen LogP) is 6.18. The molecule has 4 rings (SSSR count). The Morgan fingerprint density at radius 3 is 2.50 bits per heavy atom. The zero-order valence-electron chi connectivity index (χ0n) is 16.4. The summed E-state index contributed by atoms with van der Waals surface area (Å²) in [4.78, 5) is 9.59. The molecule has 0 spiro atoms. The molecule has 1 aliphatic rings. The summed E-state index contributed by atoms with van der Waals surface area (Å²) in [7, 11) is 0. The van der Waals surface area contributed by atoms with Crippen molar-refractivity contribution in [1.82, 2.24) is 9.97 Å². The van der Waals surface area contributed by atoms with E-state index in [0.717, 1.165) is 28.8 Å². The van der Waals surface area contributed by atoms with E-state index in [1.165, 1.54) is 11.1 Å². The van der Waals surface area contributed by atoms with E-state index in [2.05, 4.69) is 67.8 Å². The summed E-state index contributed by atoms with van der Waals surface area (Å²) in [5.41, 5.74) is 4.24. The molecular formula is C23H25ClN4. The van der Waals surface area contributed by atoms with E-state index in [1.54, 1.807) is 0 Å². The molecule has 0 saturated heterocycles. The molecule has 0 aliphatic heterocycles. The van der Waals surface area contributed by atoms with E-state index in [1.807, 2.05) is 30.3 Å². The van der Waals surface area contributed by atoms with E-state index >= 15 is 0 Å². The third-order valence-corrected chi connectivity index (χ3v) is 5.27. The molecule has 1 aromatic heterocycles. The van der Waals surface area contributed by atoms with Crippen LogP contribution in [0.5, 0.6) is 0 Å². The summed E-state index contributed by atoms with van der Waals surface area (Å²) in [5.74, 6) is 1.45. The van der Waals surface area contributed by atoms with E-state index in [4.69, 9.17) is 9.97 Å². The fourth-order valence-electron chi connectivity index (χ4n) is 3.33. The van der Waals surface area contributed by atoms with Crippen molar-refractivity contribution in [1.29, 1.82) is 0 Å². The number of anilines is 3. The molecule has 1 unspecified atom stereocenters. The second kappa shape index (κ2) is 8.03. The minimum absolute atomic E-state index is 0. The van der Waals surface area contributed by atoms with Crippen molar-refractivity contribution in [3.05, 3.63) is 77.9 Å². The molecule has 0 bridgehead atoms. The van der Waals surface area contributed by atoms with Crippen molar-refractivity contribution in [2.45, 2.75) is 32.7 Å². The van der Waals surface area contributed by atoms with Gasteiger partial charge in [0.1, 0.15) is 5.82 Å². The lowest BCUT2D eigenvalue weighted by Gasteiger charge is -2.33. The standard InChI is InChI=1S/C23H24N4.ClH/c1-16-10-4-6-13-19(16)24-21-18-12-5-7-14-20(18)25-22(26-21)27-23(3)15-9-8-11-17(23)2;/h4-14H,15H2,1-3H3,(H2,24,25,26,27);1H. The predicted molar refractivity (Wildman–Crippen MR) is 121 cm³/mol. The molecule has 2 N–H and O–H groups in total. The smallest absolute Gasteiger partial charge is 0.225 e. The lowest BCUT2D eigenvalue weighted by atomic mass is 9.86. The molecule has 144 valence electrons. The minimum atomic E-state index is -0.183. The minimum Gasteiger partial charge on any atom is -0.345 e. The molecular weight excluding hydrogens is 368 g/mol. The first-order valence-electron chi connectivity index (χ1n) is 9.27. The molecule has 1 atom stereocenters. The Balaban J connectivity index is 0.00000225. The zero-order chi connectivity index (χ0) is 18.9. The Labute approximate surface area is 172 Å². The monoisotopic (exact) mass is 392 g/mol. The number of nitrogens with zero attached hydrogens (tertiary/aromatic N) is 2. The van der Waals surface area contributed by atoms with Crippen molar-refractivity contribution in [2.75, 3.05) is 10.6 Å². The highest BCUT2D eigenvalue weighted by atomic mass is 35.5. The highest BCUT2D eigenvalue weighted by Crippen LogP contribution is 2.31. The molecule has 28 heavy (non-hydrogen) atoms. The Kier molecular flexibility index (Phi) is 5.71. The molecule has 0 radical (unpaired) electrons. The number of hydrogen-bond donors (Lipinski definition) is 2. The number of hydrogen-bond acceptors (Lipinski definition) is 4. The molecule has 0 fully saturated rings. The fraction of sp³-hybridized carbons (Fsp3) is 0.217. The van der Waals surface area contributed by atoms with Crippen LogP contribution in [0.1, 0.15) is 25.8 Å². The van der Waals surface area contributed by atoms with Crippen molar-refractivity contribution >= 4 is 40.8 Å². The van der Waals surface area contributed by atoms with E-state index < -0.39 is 0 Å². The summed E-state index contributed by atoms with van der Waals surface area (Å²) >= 11 is 0. The lowest BCUT2D eigenvalue weighted by Crippen LogP contribution is -2.37. The number of benzene rings is 2. The molecule has 1 heterocycles. The molecule has 4 nitrogen and oxygen atoms in total. The summed E-state index contributed by atoms with van der Waals surface area (Å²) in [6, 6.07) is 16.3. The largest absolute Gasteiger partial charge is 0.345 e. The maximum Gasteiger partial charge on any atom is 0.225 e. The summed E-state index contributed by atoms with van der Waals surface area (Å²) in [6.07, 6.45) is 7.33. The van der Waals surface area contributed by atoms with Gasteiger partial charge in [-0.3, -0.25) is 0 Å². The molecule has 0 amide bonds. The summed E-state index contributed by atoms with van der Waals surface area (Å²) < 4.78 is 0. The Bertz CT molecular complexity index is 1060. The molecule has 0 saturated carbocycles. The number of aryl methyl sites for hydroxylation is 1. The average Bonchev–Trinajstić information content (AvgIpc) is 2.66. The van der Waals surface area contributed by atoms with Gasteiger partial charge in [0, 0.05) is 11.1 Å². The van der Waals surface area contributed by atoms with Crippen LogP contribution in [0.25, 0.3) is 10.9 Å². The van der Waals surface area contributed by atoms with Crippen LogP contribution < -0.4 is 10.6 Å². The van der Waals surface area contributed by atoms with Crippen LogP contribution in [0.3, 0.4) is 0 Å². The number of para-hydroxylation sites is 2. The fourth-order valence-corrected chi connectivity index (χ4v) is 3.33. The highest BCUT2D eigenvalue weighted by Gasteiger charge is 2.27. The number of aromatic nitrogens is 2. The van der Waals surface area contributed by atoms with Crippen LogP contribution >= 0.6 is 12.4 Å². The first-order chi connectivity index (χ1) is 13.0. The van der Waals surface area contributed by atoms with Gasteiger partial charge in [0.15, 0.2) is 0 Å². The first-order valence-corrected chi connectivity index (χ1v) is 9.27. The topological polar surface area (TPSA) is 49.8 Å². The van der Waals surface area contributed by atoms with Gasteiger partial charge >= 0.3 is 0 Å². The van der Waals surface area contributed by atoms with Gasteiger partial charge in [0.25, 0.3) is 0 Å². The van der Waals surface area contributed by atoms with Crippen molar-refractivity contribution < 1.29 is 0 Å². The van der Waals surface area contributed by atoms with Gasteiger partial charge in [-0.25, -0.2) is 4.98 Å². The quantitative estimate of drug-likeness (QED) is 0.556. The number of fused-ring (bicyclic) bond motifs is 1. The molecule has 3 aromatic rings. The second-order valence-electron chi connectivity index (χ2n) is 7.29. The number of halogens is 1. The maximum absolute atomic E-state index is 4.83. The van der Waals surface area contributed by atoms with Crippen LogP contribution in [0.2, 0.25) is 0 Å². The van der Waals surface area contributed by atoms with Gasteiger partial charge in [-0.15, -0.1) is 12.4 Å². The van der Waals surface area contributed by atoms with Crippen molar-refractivity contribution in [3.63, 3.8) is 0 Å². The number of allylic oxidation sites excluding steroid dienone is 2. The van der Waals surface area contributed by atoms with E-state index in [0.29, 0.717) is 5.95 Å². The maximum atomic E-state index is 4.83. The van der Waals surface area contributed by atoms with Gasteiger partial charge in [0.05, 0.1) is 11.1 Å².